The summed E-state index contributed by atoms with van der Waals surface area (Å²) in [5, 5.41) is 8.70. The van der Waals surface area contributed by atoms with Gasteiger partial charge in [0.15, 0.2) is 0 Å². The minimum Gasteiger partial charge on any atom is -0.281 e. The van der Waals surface area contributed by atoms with Crippen LogP contribution in [-0.4, -0.2) is 10.2 Å². The second-order valence-electron chi connectivity index (χ2n) is 6.24. The van der Waals surface area contributed by atoms with E-state index in [1.54, 1.807) is 0 Å². The van der Waals surface area contributed by atoms with Crippen LogP contribution in [-0.2, 0) is 0 Å². The van der Waals surface area contributed by atoms with Gasteiger partial charge in [0.25, 0.3) is 0 Å². The molecule has 0 unspecified atom stereocenters. The topological polar surface area (TPSA) is 28.7 Å². The number of hydrogen-bond donors (Lipinski definition) is 1. The molecule has 0 saturated carbocycles. The molecule has 1 heterocycles. The number of rotatable bonds is 2. The quantitative estimate of drug-likeness (QED) is 0.791. The highest BCUT2D eigenvalue weighted by Crippen LogP contribution is 2.44. The van der Waals surface area contributed by atoms with Crippen molar-refractivity contribution in [2.75, 3.05) is 0 Å². The van der Waals surface area contributed by atoms with Crippen LogP contribution in [0.25, 0.3) is 11.3 Å². The number of nitrogens with zero attached hydrogens (tertiary/aromatic N) is 1. The van der Waals surface area contributed by atoms with Gasteiger partial charge in [-0.1, -0.05) is 44.5 Å². The average Bonchev–Trinajstić information content (AvgIpc) is 2.85. The highest BCUT2D eigenvalue weighted by molar-refractivity contribution is 6.30. The summed E-state index contributed by atoms with van der Waals surface area (Å²) in [5.41, 5.74) is 5.03. The molecule has 1 N–H and O–H groups in total. The van der Waals surface area contributed by atoms with Crippen LogP contribution in [0.3, 0.4) is 0 Å². The number of fused-ring (bicyclic) bond motifs is 1. The minimum atomic E-state index is 0.574. The van der Waals surface area contributed by atoms with Crippen LogP contribution < -0.4 is 0 Å². The lowest BCUT2D eigenvalue weighted by Crippen LogP contribution is -2.16. The van der Waals surface area contributed by atoms with Gasteiger partial charge >= 0.3 is 0 Å². The van der Waals surface area contributed by atoms with E-state index in [2.05, 4.69) is 43.1 Å². The lowest BCUT2D eigenvalue weighted by molar-refractivity contribution is 0.403. The van der Waals surface area contributed by atoms with E-state index >= 15 is 0 Å². The average molecular weight is 289 g/mol. The Hall–Kier alpha value is -1.28. The molecule has 0 aliphatic heterocycles. The fourth-order valence-electron chi connectivity index (χ4n) is 3.36. The van der Waals surface area contributed by atoms with E-state index in [1.807, 2.05) is 12.1 Å². The molecule has 0 radical (unpaired) electrons. The molecule has 0 saturated heterocycles. The van der Waals surface area contributed by atoms with E-state index < -0.39 is 0 Å². The Morgan fingerprint density at radius 1 is 1.20 bits per heavy atom. The molecule has 0 amide bonds. The highest BCUT2D eigenvalue weighted by atomic mass is 35.5. The lowest BCUT2D eigenvalue weighted by Gasteiger charge is -2.29. The molecule has 1 aliphatic rings. The molecule has 2 aromatic rings. The van der Waals surface area contributed by atoms with Crippen molar-refractivity contribution in [3.05, 3.63) is 40.5 Å². The fraction of sp³-hybridized carbons (Fsp3) is 0.471. The number of halogens is 1. The van der Waals surface area contributed by atoms with Gasteiger partial charge in [-0.2, -0.15) is 5.10 Å². The summed E-state index contributed by atoms with van der Waals surface area (Å²) >= 11 is 5.98. The first-order valence-electron chi connectivity index (χ1n) is 7.42. The molecule has 0 fully saturated rings. The minimum absolute atomic E-state index is 0.574. The maximum Gasteiger partial charge on any atom is 0.0958 e. The van der Waals surface area contributed by atoms with E-state index in [9.17, 15) is 0 Å². The zero-order valence-electron chi connectivity index (χ0n) is 12.3. The van der Waals surface area contributed by atoms with Crippen LogP contribution in [0.15, 0.2) is 24.3 Å². The van der Waals surface area contributed by atoms with Crippen LogP contribution in [0.5, 0.6) is 0 Å². The van der Waals surface area contributed by atoms with Crippen molar-refractivity contribution in [2.24, 2.45) is 5.92 Å². The van der Waals surface area contributed by atoms with Gasteiger partial charge in [-0.05, 0) is 36.8 Å². The third-order valence-electron chi connectivity index (χ3n) is 4.53. The molecule has 1 aliphatic carbocycles. The van der Waals surface area contributed by atoms with Crippen LogP contribution in [0.4, 0.5) is 0 Å². The predicted molar refractivity (Wildman–Crippen MR) is 84.3 cm³/mol. The van der Waals surface area contributed by atoms with E-state index in [-0.39, 0.29) is 0 Å². The van der Waals surface area contributed by atoms with E-state index in [0.29, 0.717) is 17.8 Å². The Morgan fingerprint density at radius 3 is 2.55 bits per heavy atom. The van der Waals surface area contributed by atoms with Crippen molar-refractivity contribution < 1.29 is 0 Å². The summed E-state index contributed by atoms with van der Waals surface area (Å²) in [6.07, 6.45) is 2.50. The SMILES string of the molecule is CC(C)[C@H]1CC[C@@H](C)c2c(-c3ccc(Cl)cc3)n[nH]c21. The molecule has 1 aromatic heterocycles. The van der Waals surface area contributed by atoms with Crippen molar-refractivity contribution in [1.82, 2.24) is 10.2 Å². The smallest absolute Gasteiger partial charge is 0.0958 e. The van der Waals surface area contributed by atoms with Crippen molar-refractivity contribution in [2.45, 2.75) is 45.4 Å². The third-order valence-corrected chi connectivity index (χ3v) is 4.78. The number of aromatic nitrogens is 2. The standard InChI is InChI=1S/C17H21ClN2/c1-10(2)14-9-4-11(3)15-16(19-20-17(14)15)12-5-7-13(18)8-6-12/h5-8,10-11,14H,4,9H2,1-3H3,(H,19,20)/t11-,14-/m1/s1. The Labute approximate surface area is 125 Å². The Bertz CT molecular complexity index is 598. The third kappa shape index (κ3) is 2.26. The van der Waals surface area contributed by atoms with Gasteiger partial charge < -0.3 is 0 Å². The van der Waals surface area contributed by atoms with Gasteiger partial charge in [0.2, 0.25) is 0 Å². The van der Waals surface area contributed by atoms with Crippen molar-refractivity contribution in [1.29, 1.82) is 0 Å². The van der Waals surface area contributed by atoms with Crippen molar-refractivity contribution >= 4 is 11.6 Å². The first-order chi connectivity index (χ1) is 9.58. The van der Waals surface area contributed by atoms with Crippen LogP contribution in [0.2, 0.25) is 5.02 Å². The zero-order valence-corrected chi connectivity index (χ0v) is 13.0. The molecule has 1 aromatic carbocycles. The summed E-state index contributed by atoms with van der Waals surface area (Å²) in [5.74, 6) is 1.83. The van der Waals surface area contributed by atoms with Crippen LogP contribution >= 0.6 is 11.6 Å². The molecule has 3 rings (SSSR count). The normalized spacial score (nSPS) is 22.1. The second kappa shape index (κ2) is 5.25. The number of hydrogen-bond acceptors (Lipinski definition) is 1. The van der Waals surface area contributed by atoms with Crippen molar-refractivity contribution in [3.63, 3.8) is 0 Å². The van der Waals surface area contributed by atoms with Gasteiger partial charge in [-0.25, -0.2) is 0 Å². The van der Waals surface area contributed by atoms with Crippen molar-refractivity contribution in [3.8, 4) is 11.3 Å². The maximum atomic E-state index is 5.98. The first kappa shape index (κ1) is 13.7. The zero-order chi connectivity index (χ0) is 14.3. The molecule has 3 heteroatoms. The monoisotopic (exact) mass is 288 g/mol. The molecule has 0 spiro atoms. The molecule has 106 valence electrons. The van der Waals surface area contributed by atoms with Crippen LogP contribution in [0, 0.1) is 5.92 Å². The van der Waals surface area contributed by atoms with Gasteiger partial charge in [0.1, 0.15) is 0 Å². The number of aromatic amines is 1. The lowest BCUT2D eigenvalue weighted by atomic mass is 9.75. The summed E-state index contributed by atoms with van der Waals surface area (Å²) in [6.45, 7) is 6.91. The molecule has 2 nitrogen and oxygen atoms in total. The summed E-state index contributed by atoms with van der Waals surface area (Å²) < 4.78 is 0. The van der Waals surface area contributed by atoms with E-state index in [1.165, 1.54) is 24.1 Å². The van der Waals surface area contributed by atoms with E-state index in [0.717, 1.165) is 16.3 Å². The summed E-state index contributed by atoms with van der Waals surface area (Å²) in [6, 6.07) is 7.99. The second-order valence-corrected chi connectivity index (χ2v) is 6.67. The van der Waals surface area contributed by atoms with Gasteiger partial charge in [0, 0.05) is 27.8 Å². The molecule has 2 atom stereocenters. The molecule has 20 heavy (non-hydrogen) atoms. The van der Waals surface area contributed by atoms with Gasteiger partial charge in [0.05, 0.1) is 5.69 Å². The summed E-state index contributed by atoms with van der Waals surface area (Å²) in [7, 11) is 0. The van der Waals surface area contributed by atoms with E-state index in [4.69, 9.17) is 11.6 Å². The highest BCUT2D eigenvalue weighted by Gasteiger charge is 2.31. The Balaban J connectivity index is 2.08. The molecule has 0 bridgehead atoms. The number of H-pyrrole nitrogens is 1. The largest absolute Gasteiger partial charge is 0.281 e. The Kier molecular flexibility index (Phi) is 3.59. The van der Waals surface area contributed by atoms with Crippen LogP contribution in [0.1, 0.15) is 56.7 Å². The fourth-order valence-corrected chi connectivity index (χ4v) is 3.48. The first-order valence-corrected chi connectivity index (χ1v) is 7.79. The summed E-state index contributed by atoms with van der Waals surface area (Å²) in [4.78, 5) is 0. The van der Waals surface area contributed by atoms with Gasteiger partial charge in [-0.3, -0.25) is 5.10 Å². The number of benzene rings is 1. The predicted octanol–water partition coefficient (Wildman–Crippen LogP) is 5.37. The molecular weight excluding hydrogens is 268 g/mol. The molecular formula is C17H21ClN2. The van der Waals surface area contributed by atoms with Gasteiger partial charge in [-0.15, -0.1) is 0 Å². The number of nitrogens with one attached hydrogen (secondary N) is 1. The maximum absolute atomic E-state index is 5.98. The Morgan fingerprint density at radius 2 is 1.90 bits per heavy atom.